The summed E-state index contributed by atoms with van der Waals surface area (Å²) in [6.07, 6.45) is 1.18. The van der Waals surface area contributed by atoms with Gasteiger partial charge in [-0.15, -0.1) is 0 Å². The molecule has 0 saturated carbocycles. The first-order valence-electron chi connectivity index (χ1n) is 5.22. The SMILES string of the molecule is COc1cc(C=NNC(=O)CC#N)c(OC)cc1Br. The molecule has 0 saturated heterocycles. The van der Waals surface area contributed by atoms with Gasteiger partial charge < -0.3 is 9.47 Å². The van der Waals surface area contributed by atoms with Crippen molar-refractivity contribution in [1.82, 2.24) is 5.43 Å². The number of carbonyl (C=O) groups excluding carboxylic acids is 1. The highest BCUT2D eigenvalue weighted by Crippen LogP contribution is 2.31. The van der Waals surface area contributed by atoms with Gasteiger partial charge in [0.15, 0.2) is 0 Å². The number of halogens is 1. The quantitative estimate of drug-likeness (QED) is 0.661. The Hall–Kier alpha value is -2.07. The van der Waals surface area contributed by atoms with Gasteiger partial charge in [0.05, 0.1) is 31.0 Å². The zero-order chi connectivity index (χ0) is 14.3. The van der Waals surface area contributed by atoms with Crippen LogP contribution in [0, 0.1) is 11.3 Å². The summed E-state index contributed by atoms with van der Waals surface area (Å²) in [4.78, 5) is 11.1. The molecule has 0 aliphatic heterocycles. The van der Waals surface area contributed by atoms with E-state index in [0.29, 0.717) is 17.1 Å². The summed E-state index contributed by atoms with van der Waals surface area (Å²) >= 11 is 3.34. The van der Waals surface area contributed by atoms with Crippen LogP contribution in [0.25, 0.3) is 0 Å². The van der Waals surface area contributed by atoms with Crippen molar-refractivity contribution < 1.29 is 14.3 Å². The standard InChI is InChI=1S/C12H12BrN3O3/c1-18-10-6-9(13)11(19-2)5-8(10)7-15-16-12(17)3-4-14/h5-7H,3H2,1-2H3,(H,16,17). The molecule has 0 fully saturated rings. The molecule has 1 rings (SSSR count). The Morgan fingerprint density at radius 3 is 2.74 bits per heavy atom. The van der Waals surface area contributed by atoms with E-state index in [9.17, 15) is 4.79 Å². The number of benzene rings is 1. The predicted molar refractivity (Wildman–Crippen MR) is 73.2 cm³/mol. The topological polar surface area (TPSA) is 83.7 Å². The van der Waals surface area contributed by atoms with E-state index in [1.807, 2.05) is 0 Å². The highest BCUT2D eigenvalue weighted by atomic mass is 79.9. The van der Waals surface area contributed by atoms with Crippen LogP contribution < -0.4 is 14.9 Å². The predicted octanol–water partition coefficient (Wildman–Crippen LogP) is 1.83. The van der Waals surface area contributed by atoms with Crippen LogP contribution in [0.2, 0.25) is 0 Å². The number of carbonyl (C=O) groups is 1. The number of nitrogens with zero attached hydrogens (tertiary/aromatic N) is 2. The minimum atomic E-state index is -0.471. The van der Waals surface area contributed by atoms with Gasteiger partial charge in [0, 0.05) is 5.56 Å². The summed E-state index contributed by atoms with van der Waals surface area (Å²) in [6, 6.07) is 5.17. The van der Waals surface area contributed by atoms with E-state index < -0.39 is 5.91 Å². The molecule has 0 bridgehead atoms. The molecule has 1 amide bonds. The molecule has 0 atom stereocenters. The van der Waals surface area contributed by atoms with Crippen LogP contribution in [-0.2, 0) is 4.79 Å². The largest absolute Gasteiger partial charge is 0.496 e. The molecular weight excluding hydrogens is 314 g/mol. The summed E-state index contributed by atoms with van der Waals surface area (Å²) in [5.41, 5.74) is 2.87. The zero-order valence-corrected chi connectivity index (χ0v) is 12.0. The number of nitriles is 1. The minimum Gasteiger partial charge on any atom is -0.496 e. The summed E-state index contributed by atoms with van der Waals surface area (Å²) in [5.74, 6) is 0.721. The van der Waals surface area contributed by atoms with Crippen LogP contribution in [0.3, 0.4) is 0 Å². The maximum atomic E-state index is 11.1. The number of hydrogen-bond acceptors (Lipinski definition) is 5. The van der Waals surface area contributed by atoms with Gasteiger partial charge in [0.1, 0.15) is 17.9 Å². The molecule has 0 aliphatic carbocycles. The van der Waals surface area contributed by atoms with Crippen LogP contribution in [0.4, 0.5) is 0 Å². The molecule has 19 heavy (non-hydrogen) atoms. The molecule has 0 radical (unpaired) electrons. The van der Waals surface area contributed by atoms with Crippen molar-refractivity contribution >= 4 is 28.1 Å². The van der Waals surface area contributed by atoms with Crippen molar-refractivity contribution in [2.45, 2.75) is 6.42 Å². The Labute approximate surface area is 119 Å². The number of nitrogens with one attached hydrogen (secondary N) is 1. The monoisotopic (exact) mass is 325 g/mol. The van der Waals surface area contributed by atoms with E-state index in [1.54, 1.807) is 25.3 Å². The maximum absolute atomic E-state index is 11.1. The highest BCUT2D eigenvalue weighted by molar-refractivity contribution is 9.10. The van der Waals surface area contributed by atoms with E-state index in [1.165, 1.54) is 13.3 Å². The highest BCUT2D eigenvalue weighted by Gasteiger charge is 2.08. The number of hydrogen-bond donors (Lipinski definition) is 1. The Morgan fingerprint density at radius 2 is 2.16 bits per heavy atom. The van der Waals surface area contributed by atoms with Gasteiger partial charge in [-0.25, -0.2) is 5.43 Å². The maximum Gasteiger partial charge on any atom is 0.254 e. The van der Waals surface area contributed by atoms with E-state index in [2.05, 4.69) is 26.5 Å². The minimum absolute atomic E-state index is 0.238. The molecule has 100 valence electrons. The van der Waals surface area contributed by atoms with Gasteiger partial charge in [-0.2, -0.15) is 10.4 Å². The number of rotatable bonds is 5. The normalized spacial score (nSPS) is 10.0. The van der Waals surface area contributed by atoms with Crippen LogP contribution in [0.15, 0.2) is 21.7 Å². The Morgan fingerprint density at radius 1 is 1.47 bits per heavy atom. The van der Waals surface area contributed by atoms with Crippen molar-refractivity contribution in [1.29, 1.82) is 5.26 Å². The Kier molecular flexibility index (Phi) is 5.82. The van der Waals surface area contributed by atoms with Gasteiger partial charge >= 0.3 is 0 Å². The van der Waals surface area contributed by atoms with Crippen molar-refractivity contribution in [3.8, 4) is 17.6 Å². The average molecular weight is 326 g/mol. The number of methoxy groups -OCH3 is 2. The molecular formula is C12H12BrN3O3. The van der Waals surface area contributed by atoms with Crippen LogP contribution in [0.1, 0.15) is 12.0 Å². The number of hydrazone groups is 1. The zero-order valence-electron chi connectivity index (χ0n) is 10.4. The van der Waals surface area contributed by atoms with Gasteiger partial charge in [-0.1, -0.05) is 0 Å². The molecule has 1 aromatic carbocycles. The van der Waals surface area contributed by atoms with Crippen LogP contribution >= 0.6 is 15.9 Å². The Balaban J connectivity index is 2.90. The summed E-state index contributed by atoms with van der Waals surface area (Å²) in [5, 5.41) is 12.1. The third kappa shape index (κ3) is 4.26. The fourth-order valence-corrected chi connectivity index (χ4v) is 1.75. The molecule has 1 N–H and O–H groups in total. The second-order valence-corrected chi connectivity index (χ2v) is 4.21. The van der Waals surface area contributed by atoms with E-state index >= 15 is 0 Å². The fraction of sp³-hybridized carbons (Fsp3) is 0.250. The van der Waals surface area contributed by atoms with Crippen LogP contribution in [-0.4, -0.2) is 26.3 Å². The third-order valence-electron chi connectivity index (χ3n) is 2.14. The third-order valence-corrected chi connectivity index (χ3v) is 2.76. The molecule has 7 heteroatoms. The molecule has 0 unspecified atom stereocenters. The number of ether oxygens (including phenoxy) is 2. The Bertz CT molecular complexity index is 538. The van der Waals surface area contributed by atoms with E-state index in [-0.39, 0.29) is 6.42 Å². The first-order chi connectivity index (χ1) is 9.12. The van der Waals surface area contributed by atoms with Crippen molar-refractivity contribution in [3.05, 3.63) is 22.2 Å². The average Bonchev–Trinajstić information content (AvgIpc) is 2.40. The number of amides is 1. The lowest BCUT2D eigenvalue weighted by Gasteiger charge is -2.09. The van der Waals surface area contributed by atoms with Gasteiger partial charge in [-0.3, -0.25) is 4.79 Å². The lowest BCUT2D eigenvalue weighted by molar-refractivity contribution is -0.120. The second-order valence-electron chi connectivity index (χ2n) is 3.36. The molecule has 0 spiro atoms. The second kappa shape index (κ2) is 7.38. The molecule has 1 aromatic rings. The van der Waals surface area contributed by atoms with Crippen molar-refractivity contribution in [3.63, 3.8) is 0 Å². The fourth-order valence-electron chi connectivity index (χ4n) is 1.27. The lowest BCUT2D eigenvalue weighted by Crippen LogP contribution is -2.16. The molecule has 0 heterocycles. The molecule has 0 aliphatic rings. The smallest absolute Gasteiger partial charge is 0.254 e. The van der Waals surface area contributed by atoms with Gasteiger partial charge in [0.25, 0.3) is 5.91 Å². The first-order valence-corrected chi connectivity index (χ1v) is 6.02. The molecule has 0 aromatic heterocycles. The molecule has 6 nitrogen and oxygen atoms in total. The first kappa shape index (κ1) is 15.0. The summed E-state index contributed by atoms with van der Waals surface area (Å²) in [7, 11) is 3.07. The van der Waals surface area contributed by atoms with Crippen molar-refractivity contribution in [2.75, 3.05) is 14.2 Å². The van der Waals surface area contributed by atoms with Crippen LogP contribution in [0.5, 0.6) is 11.5 Å². The van der Waals surface area contributed by atoms with E-state index in [4.69, 9.17) is 14.7 Å². The van der Waals surface area contributed by atoms with Gasteiger partial charge in [0.2, 0.25) is 0 Å². The summed E-state index contributed by atoms with van der Waals surface area (Å²) < 4.78 is 11.1. The van der Waals surface area contributed by atoms with Crippen molar-refractivity contribution in [2.24, 2.45) is 5.10 Å². The lowest BCUT2D eigenvalue weighted by atomic mass is 10.2. The summed E-state index contributed by atoms with van der Waals surface area (Å²) in [6.45, 7) is 0. The van der Waals surface area contributed by atoms with Gasteiger partial charge in [-0.05, 0) is 28.1 Å². The van der Waals surface area contributed by atoms with E-state index in [0.717, 1.165) is 4.47 Å².